The van der Waals surface area contributed by atoms with Crippen LogP contribution in [-0.2, 0) is 0 Å². The Balaban J connectivity index is 2.43. The lowest BCUT2D eigenvalue weighted by Gasteiger charge is -2.36. The van der Waals surface area contributed by atoms with E-state index in [0.717, 1.165) is 24.8 Å². The summed E-state index contributed by atoms with van der Waals surface area (Å²) in [6.07, 6.45) is 6.23. The van der Waals surface area contributed by atoms with Crippen molar-refractivity contribution in [2.24, 2.45) is 28.1 Å². The summed E-state index contributed by atoms with van der Waals surface area (Å²) in [5.41, 5.74) is 5.47. The average molecular weight is 269 g/mol. The van der Waals surface area contributed by atoms with Gasteiger partial charge in [-0.1, -0.05) is 45.7 Å². The van der Waals surface area contributed by atoms with Gasteiger partial charge in [-0.15, -0.1) is 0 Å². The van der Waals surface area contributed by atoms with Crippen LogP contribution in [0.4, 0.5) is 0 Å². The molecule has 0 saturated heterocycles. The number of nitrogens with zero attached hydrogens (tertiary/aromatic N) is 1. The summed E-state index contributed by atoms with van der Waals surface area (Å²) in [7, 11) is 0. The summed E-state index contributed by atoms with van der Waals surface area (Å²) in [4.78, 5) is 0. The Morgan fingerprint density at radius 2 is 2.00 bits per heavy atom. The number of rotatable bonds is 6. The quantitative estimate of drug-likeness (QED) is 0.300. The Bertz CT molecular complexity index is 300. The molecule has 0 amide bonds. The first-order valence-electron chi connectivity index (χ1n) is 7.60. The van der Waals surface area contributed by atoms with Gasteiger partial charge in [-0.3, -0.25) is 0 Å². The number of nitrogens with two attached hydrogens (primary N) is 1. The highest BCUT2D eigenvalue weighted by atomic mass is 16.4. The first-order valence-corrected chi connectivity index (χ1v) is 7.60. The highest BCUT2D eigenvalue weighted by Gasteiger charge is 2.28. The molecule has 0 spiro atoms. The molecule has 0 heterocycles. The Morgan fingerprint density at radius 3 is 2.58 bits per heavy atom. The minimum absolute atomic E-state index is 0.246. The van der Waals surface area contributed by atoms with Gasteiger partial charge in [-0.2, -0.15) is 0 Å². The van der Waals surface area contributed by atoms with Crippen molar-refractivity contribution in [1.82, 2.24) is 5.32 Å². The normalized spacial score (nSPS) is 25.8. The third-order valence-electron chi connectivity index (χ3n) is 4.63. The van der Waals surface area contributed by atoms with E-state index in [4.69, 9.17) is 10.9 Å². The van der Waals surface area contributed by atoms with E-state index in [0.29, 0.717) is 11.9 Å². The lowest BCUT2D eigenvalue weighted by Crippen LogP contribution is -2.43. The van der Waals surface area contributed by atoms with E-state index in [-0.39, 0.29) is 5.41 Å². The number of hydrogen-bond acceptors (Lipinski definition) is 3. The molecule has 0 bridgehead atoms. The summed E-state index contributed by atoms with van der Waals surface area (Å²) in [5.74, 6) is 1.86. The Labute approximate surface area is 117 Å². The predicted molar refractivity (Wildman–Crippen MR) is 80.4 cm³/mol. The molecule has 112 valence electrons. The highest BCUT2D eigenvalue weighted by molar-refractivity contribution is 5.85. The zero-order chi connectivity index (χ0) is 14.5. The van der Waals surface area contributed by atoms with Gasteiger partial charge in [-0.05, 0) is 37.6 Å². The van der Waals surface area contributed by atoms with Gasteiger partial charge < -0.3 is 16.3 Å². The van der Waals surface area contributed by atoms with Crippen molar-refractivity contribution in [2.45, 2.75) is 65.8 Å². The van der Waals surface area contributed by atoms with E-state index in [1.807, 2.05) is 13.8 Å². The second kappa shape index (κ2) is 7.13. The van der Waals surface area contributed by atoms with Crippen LogP contribution in [0.5, 0.6) is 0 Å². The molecule has 4 nitrogen and oxygen atoms in total. The zero-order valence-corrected chi connectivity index (χ0v) is 12.9. The Hall–Kier alpha value is -0.770. The third-order valence-corrected chi connectivity index (χ3v) is 4.63. The molecular formula is C15H31N3O. The summed E-state index contributed by atoms with van der Waals surface area (Å²) in [6, 6.07) is 0.636. The number of hydrogen-bond donors (Lipinski definition) is 3. The van der Waals surface area contributed by atoms with E-state index in [2.05, 4.69) is 24.3 Å². The van der Waals surface area contributed by atoms with Crippen molar-refractivity contribution in [1.29, 1.82) is 0 Å². The summed E-state index contributed by atoms with van der Waals surface area (Å²) in [5, 5.41) is 15.6. The Kier molecular flexibility index (Phi) is 6.11. The monoisotopic (exact) mass is 269 g/mol. The largest absolute Gasteiger partial charge is 0.409 e. The molecule has 0 aromatic heterocycles. The minimum atomic E-state index is -0.246. The molecule has 0 aromatic carbocycles. The van der Waals surface area contributed by atoms with Crippen LogP contribution >= 0.6 is 0 Å². The summed E-state index contributed by atoms with van der Waals surface area (Å²) < 4.78 is 0. The molecule has 4 N–H and O–H groups in total. The Morgan fingerprint density at radius 1 is 1.37 bits per heavy atom. The van der Waals surface area contributed by atoms with Crippen LogP contribution < -0.4 is 11.1 Å². The number of nitrogens with one attached hydrogen (secondary N) is 1. The van der Waals surface area contributed by atoms with E-state index in [1.54, 1.807) is 0 Å². The van der Waals surface area contributed by atoms with Crippen molar-refractivity contribution in [3.05, 3.63) is 0 Å². The van der Waals surface area contributed by atoms with Crippen LogP contribution in [0.3, 0.4) is 0 Å². The highest BCUT2D eigenvalue weighted by Crippen LogP contribution is 2.30. The topological polar surface area (TPSA) is 70.6 Å². The fraction of sp³-hybridized carbons (Fsp3) is 0.933. The van der Waals surface area contributed by atoms with Crippen LogP contribution in [0.25, 0.3) is 0 Å². The average Bonchev–Trinajstić information content (AvgIpc) is 2.37. The van der Waals surface area contributed by atoms with Crippen molar-refractivity contribution >= 4 is 5.84 Å². The SMILES string of the molecule is CC(C)C1CCCCC1NCCC(C)(C)C(N)=NO. The maximum atomic E-state index is 8.78. The van der Waals surface area contributed by atoms with Gasteiger partial charge in [0.15, 0.2) is 0 Å². The van der Waals surface area contributed by atoms with Gasteiger partial charge in [0.2, 0.25) is 0 Å². The number of amidine groups is 1. The maximum absolute atomic E-state index is 8.78. The smallest absolute Gasteiger partial charge is 0.144 e. The van der Waals surface area contributed by atoms with Gasteiger partial charge in [0.25, 0.3) is 0 Å². The van der Waals surface area contributed by atoms with Crippen LogP contribution in [0.1, 0.15) is 59.8 Å². The van der Waals surface area contributed by atoms with Crippen molar-refractivity contribution in [3.8, 4) is 0 Å². The van der Waals surface area contributed by atoms with Crippen LogP contribution in [-0.4, -0.2) is 23.6 Å². The number of oxime groups is 1. The summed E-state index contributed by atoms with van der Waals surface area (Å²) >= 11 is 0. The molecule has 1 aliphatic carbocycles. The first-order chi connectivity index (χ1) is 8.88. The van der Waals surface area contributed by atoms with Crippen LogP contribution in [0.2, 0.25) is 0 Å². The van der Waals surface area contributed by atoms with Gasteiger partial charge in [0.05, 0.1) is 0 Å². The molecule has 0 aliphatic heterocycles. The minimum Gasteiger partial charge on any atom is -0.409 e. The van der Waals surface area contributed by atoms with Gasteiger partial charge in [0.1, 0.15) is 5.84 Å². The second-order valence-electron chi connectivity index (χ2n) is 6.87. The van der Waals surface area contributed by atoms with E-state index in [1.165, 1.54) is 25.7 Å². The standard InChI is InChI=1S/C15H31N3O/c1-11(2)12-7-5-6-8-13(12)17-10-9-15(3,4)14(16)18-19/h11-13,17,19H,5-10H2,1-4H3,(H2,16,18). The van der Waals surface area contributed by atoms with E-state index >= 15 is 0 Å². The van der Waals surface area contributed by atoms with Crippen molar-refractivity contribution in [2.75, 3.05) is 6.54 Å². The molecule has 1 saturated carbocycles. The molecule has 1 rings (SSSR count). The van der Waals surface area contributed by atoms with Crippen molar-refractivity contribution in [3.63, 3.8) is 0 Å². The van der Waals surface area contributed by atoms with Gasteiger partial charge >= 0.3 is 0 Å². The van der Waals surface area contributed by atoms with Gasteiger partial charge in [-0.25, -0.2) is 0 Å². The molecule has 2 unspecified atom stereocenters. The molecule has 19 heavy (non-hydrogen) atoms. The molecule has 2 atom stereocenters. The molecule has 1 aliphatic rings. The van der Waals surface area contributed by atoms with Crippen molar-refractivity contribution < 1.29 is 5.21 Å². The van der Waals surface area contributed by atoms with Gasteiger partial charge in [0, 0.05) is 11.5 Å². The third kappa shape index (κ3) is 4.68. The maximum Gasteiger partial charge on any atom is 0.144 e. The second-order valence-corrected chi connectivity index (χ2v) is 6.87. The van der Waals surface area contributed by atoms with E-state index < -0.39 is 0 Å². The molecule has 1 fully saturated rings. The first kappa shape index (κ1) is 16.3. The fourth-order valence-electron chi connectivity index (χ4n) is 3.04. The fourth-order valence-corrected chi connectivity index (χ4v) is 3.04. The van der Waals surface area contributed by atoms with Crippen LogP contribution in [0, 0.1) is 17.3 Å². The summed E-state index contributed by atoms with van der Waals surface area (Å²) in [6.45, 7) is 9.61. The molecule has 0 radical (unpaired) electrons. The van der Waals surface area contributed by atoms with Crippen LogP contribution in [0.15, 0.2) is 5.16 Å². The predicted octanol–water partition coefficient (Wildman–Crippen LogP) is 2.95. The lowest BCUT2D eigenvalue weighted by atomic mass is 9.77. The van der Waals surface area contributed by atoms with E-state index in [9.17, 15) is 0 Å². The molecule has 4 heteroatoms. The lowest BCUT2D eigenvalue weighted by molar-refractivity contribution is 0.202. The zero-order valence-electron chi connectivity index (χ0n) is 12.9. The molecule has 0 aromatic rings. The molecular weight excluding hydrogens is 238 g/mol.